The Hall–Kier alpha value is -1.14. The predicted molar refractivity (Wildman–Crippen MR) is 80.1 cm³/mol. The minimum absolute atomic E-state index is 0.0350. The first-order valence-corrected chi connectivity index (χ1v) is 7.72. The average molecular weight is 292 g/mol. The van der Waals surface area contributed by atoms with Gasteiger partial charge in [0, 0.05) is 39.1 Å². The lowest BCUT2D eigenvalue weighted by Crippen LogP contribution is -2.51. The van der Waals surface area contributed by atoms with Gasteiger partial charge in [0.2, 0.25) is 0 Å². The quantitative estimate of drug-likeness (QED) is 0.639. The Bertz CT molecular complexity index is 481. The van der Waals surface area contributed by atoms with Crippen molar-refractivity contribution in [1.82, 2.24) is 5.43 Å². The molecule has 3 rings (SSSR count). The van der Waals surface area contributed by atoms with E-state index in [9.17, 15) is 0 Å². The SMILES string of the molecule is CCOC1(C(NN)c2ccc3c(c2)CCO3)CCOCC1. The summed E-state index contributed by atoms with van der Waals surface area (Å²) in [6.45, 7) is 4.90. The molecule has 21 heavy (non-hydrogen) atoms. The van der Waals surface area contributed by atoms with Crippen molar-refractivity contribution in [1.29, 1.82) is 0 Å². The second-order valence-corrected chi connectivity index (χ2v) is 5.68. The van der Waals surface area contributed by atoms with Crippen molar-refractivity contribution in [3.05, 3.63) is 29.3 Å². The van der Waals surface area contributed by atoms with E-state index in [0.29, 0.717) is 19.8 Å². The van der Waals surface area contributed by atoms with Crippen LogP contribution in [0, 0.1) is 0 Å². The summed E-state index contributed by atoms with van der Waals surface area (Å²) in [5.74, 6) is 6.89. The number of nitrogens with two attached hydrogens (primary N) is 1. The van der Waals surface area contributed by atoms with Gasteiger partial charge in [0.1, 0.15) is 5.75 Å². The fourth-order valence-electron chi connectivity index (χ4n) is 3.46. The van der Waals surface area contributed by atoms with Crippen molar-refractivity contribution in [2.24, 2.45) is 5.84 Å². The van der Waals surface area contributed by atoms with Crippen LogP contribution in [-0.4, -0.2) is 32.0 Å². The highest BCUT2D eigenvalue weighted by atomic mass is 16.5. The van der Waals surface area contributed by atoms with Gasteiger partial charge in [-0.05, 0) is 24.1 Å². The molecule has 2 aliphatic rings. The van der Waals surface area contributed by atoms with Crippen LogP contribution in [0.2, 0.25) is 0 Å². The molecule has 1 aromatic rings. The van der Waals surface area contributed by atoms with E-state index in [1.165, 1.54) is 5.56 Å². The predicted octanol–water partition coefficient (Wildman–Crippen LogP) is 1.71. The number of rotatable bonds is 5. The molecule has 5 heteroatoms. The van der Waals surface area contributed by atoms with Gasteiger partial charge >= 0.3 is 0 Å². The average Bonchev–Trinajstić information content (AvgIpc) is 2.97. The lowest BCUT2D eigenvalue weighted by atomic mass is 9.82. The van der Waals surface area contributed by atoms with Crippen molar-refractivity contribution in [2.75, 3.05) is 26.4 Å². The van der Waals surface area contributed by atoms with E-state index < -0.39 is 0 Å². The molecule has 0 bridgehead atoms. The summed E-state index contributed by atoms with van der Waals surface area (Å²) in [5.41, 5.74) is 5.11. The zero-order chi connectivity index (χ0) is 14.7. The van der Waals surface area contributed by atoms with Crippen LogP contribution in [0.1, 0.15) is 36.9 Å². The molecule has 2 heterocycles. The van der Waals surface area contributed by atoms with Crippen LogP contribution >= 0.6 is 0 Å². The number of hydrogen-bond donors (Lipinski definition) is 2. The van der Waals surface area contributed by atoms with E-state index in [2.05, 4.69) is 17.6 Å². The molecule has 0 aromatic heterocycles. The van der Waals surface area contributed by atoms with Gasteiger partial charge in [-0.1, -0.05) is 12.1 Å². The van der Waals surface area contributed by atoms with Crippen LogP contribution in [0.3, 0.4) is 0 Å². The number of benzene rings is 1. The van der Waals surface area contributed by atoms with Crippen LogP contribution in [0.4, 0.5) is 0 Å². The molecule has 5 nitrogen and oxygen atoms in total. The van der Waals surface area contributed by atoms with Gasteiger partial charge in [0.25, 0.3) is 0 Å². The first-order valence-electron chi connectivity index (χ1n) is 7.72. The molecule has 0 spiro atoms. The van der Waals surface area contributed by atoms with Crippen molar-refractivity contribution < 1.29 is 14.2 Å². The van der Waals surface area contributed by atoms with Crippen molar-refractivity contribution in [3.63, 3.8) is 0 Å². The third kappa shape index (κ3) is 2.79. The summed E-state index contributed by atoms with van der Waals surface area (Å²) in [7, 11) is 0. The summed E-state index contributed by atoms with van der Waals surface area (Å²) < 4.78 is 17.2. The van der Waals surface area contributed by atoms with Crippen molar-refractivity contribution >= 4 is 0 Å². The summed E-state index contributed by atoms with van der Waals surface area (Å²) in [6, 6.07) is 6.29. The molecule has 1 unspecified atom stereocenters. The largest absolute Gasteiger partial charge is 0.493 e. The van der Waals surface area contributed by atoms with Crippen LogP contribution in [0.15, 0.2) is 18.2 Å². The van der Waals surface area contributed by atoms with Crippen LogP contribution in [0.5, 0.6) is 5.75 Å². The Labute approximate surface area is 125 Å². The summed E-state index contributed by atoms with van der Waals surface area (Å²) in [4.78, 5) is 0. The van der Waals surface area contributed by atoms with E-state index in [0.717, 1.165) is 37.2 Å². The highest BCUT2D eigenvalue weighted by Gasteiger charge is 2.42. The summed E-state index contributed by atoms with van der Waals surface area (Å²) in [6.07, 6.45) is 2.66. The van der Waals surface area contributed by atoms with Gasteiger partial charge < -0.3 is 14.2 Å². The fourth-order valence-corrected chi connectivity index (χ4v) is 3.46. The molecule has 1 saturated heterocycles. The standard InChI is InChI=1S/C16H24N2O3/c1-2-21-16(6-9-19-10-7-16)15(18-17)13-3-4-14-12(11-13)5-8-20-14/h3-4,11,15,18H,2,5-10,17H2,1H3. The topological polar surface area (TPSA) is 65.7 Å². The van der Waals surface area contributed by atoms with Gasteiger partial charge in [-0.15, -0.1) is 0 Å². The molecule has 0 aliphatic carbocycles. The summed E-state index contributed by atoms with van der Waals surface area (Å²) in [5, 5.41) is 0. The Morgan fingerprint density at radius 1 is 1.33 bits per heavy atom. The van der Waals surface area contributed by atoms with E-state index in [4.69, 9.17) is 20.1 Å². The first-order chi connectivity index (χ1) is 10.3. The van der Waals surface area contributed by atoms with Gasteiger partial charge in [-0.25, -0.2) is 0 Å². The fraction of sp³-hybridized carbons (Fsp3) is 0.625. The highest BCUT2D eigenvalue weighted by molar-refractivity contribution is 5.41. The summed E-state index contributed by atoms with van der Waals surface area (Å²) >= 11 is 0. The molecule has 116 valence electrons. The lowest BCUT2D eigenvalue weighted by molar-refractivity contribution is -0.128. The molecule has 3 N–H and O–H groups in total. The minimum Gasteiger partial charge on any atom is -0.493 e. The van der Waals surface area contributed by atoms with E-state index in [-0.39, 0.29) is 11.6 Å². The monoisotopic (exact) mass is 292 g/mol. The van der Waals surface area contributed by atoms with Gasteiger partial charge in [-0.3, -0.25) is 11.3 Å². The van der Waals surface area contributed by atoms with E-state index in [1.54, 1.807) is 0 Å². The second-order valence-electron chi connectivity index (χ2n) is 5.68. The Kier molecular flexibility index (Phi) is 4.45. The minimum atomic E-state index is -0.296. The number of nitrogens with one attached hydrogen (secondary N) is 1. The molecular weight excluding hydrogens is 268 g/mol. The second kappa shape index (κ2) is 6.32. The normalized spacial score (nSPS) is 21.6. The number of hydrogen-bond acceptors (Lipinski definition) is 5. The molecular formula is C16H24N2O3. The Balaban J connectivity index is 1.91. The maximum absolute atomic E-state index is 6.14. The molecule has 2 aliphatic heterocycles. The Morgan fingerprint density at radius 3 is 2.86 bits per heavy atom. The van der Waals surface area contributed by atoms with Gasteiger partial charge in [0.05, 0.1) is 18.2 Å². The molecule has 0 radical (unpaired) electrons. The highest BCUT2D eigenvalue weighted by Crippen LogP contribution is 2.39. The van der Waals surface area contributed by atoms with Crippen molar-refractivity contribution in [3.8, 4) is 5.75 Å². The van der Waals surface area contributed by atoms with Crippen LogP contribution in [0.25, 0.3) is 0 Å². The van der Waals surface area contributed by atoms with Gasteiger partial charge in [-0.2, -0.15) is 0 Å². The molecule has 1 fully saturated rings. The number of hydrazine groups is 1. The Morgan fingerprint density at radius 2 is 2.14 bits per heavy atom. The number of fused-ring (bicyclic) bond motifs is 1. The van der Waals surface area contributed by atoms with Crippen LogP contribution in [-0.2, 0) is 15.9 Å². The van der Waals surface area contributed by atoms with E-state index >= 15 is 0 Å². The zero-order valence-electron chi connectivity index (χ0n) is 12.6. The van der Waals surface area contributed by atoms with Gasteiger partial charge in [0.15, 0.2) is 0 Å². The van der Waals surface area contributed by atoms with Crippen molar-refractivity contribution in [2.45, 2.75) is 37.8 Å². The van der Waals surface area contributed by atoms with E-state index in [1.807, 2.05) is 13.0 Å². The number of ether oxygens (including phenoxy) is 3. The zero-order valence-corrected chi connectivity index (χ0v) is 12.6. The third-order valence-electron chi connectivity index (χ3n) is 4.51. The third-order valence-corrected chi connectivity index (χ3v) is 4.51. The maximum Gasteiger partial charge on any atom is 0.122 e. The molecule has 0 amide bonds. The molecule has 0 saturated carbocycles. The van der Waals surface area contributed by atoms with Crippen LogP contribution < -0.4 is 16.0 Å². The molecule has 1 atom stereocenters. The lowest BCUT2D eigenvalue weighted by Gasteiger charge is -2.43. The smallest absolute Gasteiger partial charge is 0.122 e. The first kappa shape index (κ1) is 14.8. The molecule has 1 aromatic carbocycles. The maximum atomic E-state index is 6.14.